The summed E-state index contributed by atoms with van der Waals surface area (Å²) in [5.41, 5.74) is 0. The minimum absolute atomic E-state index is 0.0365. The van der Waals surface area contributed by atoms with Crippen LogP contribution in [-0.2, 0) is 16.0 Å². The van der Waals surface area contributed by atoms with Gasteiger partial charge in [0.1, 0.15) is 0 Å². The van der Waals surface area contributed by atoms with Crippen LogP contribution in [-0.4, -0.2) is 29.3 Å². The van der Waals surface area contributed by atoms with Crippen LogP contribution in [0.4, 0.5) is 0 Å². The number of rotatable bonds is 3. The third-order valence-electron chi connectivity index (χ3n) is 2.09. The van der Waals surface area contributed by atoms with Crippen LogP contribution in [0.15, 0.2) is 12.4 Å². The fraction of sp³-hybridized carbons (Fsp3) is 0.667. The number of halogens is 1. The summed E-state index contributed by atoms with van der Waals surface area (Å²) in [5, 5.41) is 4.20. The summed E-state index contributed by atoms with van der Waals surface area (Å²) in [6.45, 7) is 2.50. The number of aryl methyl sites for hydroxylation is 1. The average Bonchev–Trinajstić information content (AvgIpc) is 2.63. The lowest BCUT2D eigenvalue weighted by Crippen LogP contribution is -2.26. The van der Waals surface area contributed by atoms with E-state index in [9.17, 15) is 0 Å². The Morgan fingerprint density at radius 2 is 2.29 bits per heavy atom. The number of nitrogens with zero attached hydrogens (tertiary/aromatic N) is 2. The molecule has 0 bridgehead atoms. The highest BCUT2D eigenvalue weighted by molar-refractivity contribution is 14.1. The van der Waals surface area contributed by atoms with Gasteiger partial charge in [-0.15, -0.1) is 0 Å². The molecule has 0 unspecified atom stereocenters. The van der Waals surface area contributed by atoms with Gasteiger partial charge in [-0.05, 0) is 29.0 Å². The molecule has 2 heterocycles. The zero-order valence-corrected chi connectivity index (χ0v) is 10.0. The zero-order valence-electron chi connectivity index (χ0n) is 7.86. The largest absolute Gasteiger partial charge is 0.353 e. The minimum Gasteiger partial charge on any atom is -0.353 e. The Morgan fingerprint density at radius 3 is 2.93 bits per heavy atom. The van der Waals surface area contributed by atoms with Gasteiger partial charge in [0.05, 0.1) is 23.0 Å². The molecule has 0 spiro atoms. The summed E-state index contributed by atoms with van der Waals surface area (Å²) in [5.74, 6) is 0. The maximum atomic E-state index is 5.44. The van der Waals surface area contributed by atoms with Gasteiger partial charge in [-0.25, -0.2) is 0 Å². The molecule has 1 fully saturated rings. The van der Waals surface area contributed by atoms with Crippen molar-refractivity contribution in [3.05, 3.63) is 16.0 Å². The number of ether oxygens (including phenoxy) is 2. The summed E-state index contributed by atoms with van der Waals surface area (Å²) in [6.07, 6.45) is 5.71. The molecule has 0 saturated carbocycles. The second-order valence-corrected chi connectivity index (χ2v) is 4.48. The molecule has 2 rings (SSSR count). The van der Waals surface area contributed by atoms with E-state index in [1.165, 1.54) is 0 Å². The highest BCUT2D eigenvalue weighted by atomic mass is 127. The summed E-state index contributed by atoms with van der Waals surface area (Å²) in [7, 11) is 0. The SMILES string of the molecule is Ic1cnn(CCC2OCCCO2)c1. The first kappa shape index (κ1) is 10.4. The molecule has 1 aromatic rings. The second-order valence-electron chi connectivity index (χ2n) is 3.23. The van der Waals surface area contributed by atoms with Gasteiger partial charge >= 0.3 is 0 Å². The predicted molar refractivity (Wildman–Crippen MR) is 59.9 cm³/mol. The van der Waals surface area contributed by atoms with E-state index >= 15 is 0 Å². The maximum Gasteiger partial charge on any atom is 0.159 e. The first-order valence-corrected chi connectivity index (χ1v) is 5.83. The molecule has 0 N–H and O–H groups in total. The van der Waals surface area contributed by atoms with Crippen molar-refractivity contribution >= 4 is 22.6 Å². The lowest BCUT2D eigenvalue weighted by molar-refractivity contribution is -0.182. The van der Waals surface area contributed by atoms with E-state index in [1.54, 1.807) is 0 Å². The van der Waals surface area contributed by atoms with E-state index < -0.39 is 0 Å². The molecule has 0 radical (unpaired) electrons. The van der Waals surface area contributed by atoms with Crippen LogP contribution in [0.2, 0.25) is 0 Å². The summed E-state index contributed by atoms with van der Waals surface area (Å²) >= 11 is 2.25. The smallest absolute Gasteiger partial charge is 0.159 e. The standard InChI is InChI=1S/C9H13IN2O2/c10-8-6-11-12(7-8)3-2-9-13-4-1-5-14-9/h6-7,9H,1-5H2. The van der Waals surface area contributed by atoms with Crippen LogP contribution in [0.3, 0.4) is 0 Å². The normalized spacial score (nSPS) is 18.6. The van der Waals surface area contributed by atoms with Crippen molar-refractivity contribution in [2.24, 2.45) is 0 Å². The molecule has 1 saturated heterocycles. The molecular formula is C9H13IN2O2. The van der Waals surface area contributed by atoms with Gasteiger partial charge in [-0.1, -0.05) is 0 Å². The lowest BCUT2D eigenvalue weighted by atomic mass is 10.3. The predicted octanol–water partition coefficient (Wildman–Crippen LogP) is 1.64. The van der Waals surface area contributed by atoms with Crippen LogP contribution in [0.5, 0.6) is 0 Å². The Labute approximate surface area is 96.7 Å². The molecule has 0 aromatic carbocycles. The molecule has 1 aromatic heterocycles. The van der Waals surface area contributed by atoms with E-state index in [0.717, 1.165) is 36.2 Å². The fourth-order valence-corrected chi connectivity index (χ4v) is 1.85. The molecule has 1 aliphatic rings. The maximum absolute atomic E-state index is 5.44. The molecule has 4 nitrogen and oxygen atoms in total. The van der Waals surface area contributed by atoms with Crippen molar-refractivity contribution in [1.82, 2.24) is 9.78 Å². The van der Waals surface area contributed by atoms with Gasteiger partial charge in [-0.2, -0.15) is 5.10 Å². The van der Waals surface area contributed by atoms with E-state index in [4.69, 9.17) is 9.47 Å². The molecule has 0 aliphatic carbocycles. The number of hydrogen-bond donors (Lipinski definition) is 0. The lowest BCUT2D eigenvalue weighted by Gasteiger charge is -2.22. The highest BCUT2D eigenvalue weighted by Gasteiger charge is 2.13. The van der Waals surface area contributed by atoms with Crippen LogP contribution in [0, 0.1) is 3.57 Å². The van der Waals surface area contributed by atoms with Gasteiger partial charge in [-0.3, -0.25) is 4.68 Å². The molecule has 0 amide bonds. The first-order chi connectivity index (χ1) is 6.84. The molecule has 14 heavy (non-hydrogen) atoms. The second kappa shape index (κ2) is 5.09. The van der Waals surface area contributed by atoms with Gasteiger partial charge in [0.2, 0.25) is 0 Å². The molecule has 78 valence electrons. The van der Waals surface area contributed by atoms with Crippen LogP contribution in [0.1, 0.15) is 12.8 Å². The number of hydrogen-bond acceptors (Lipinski definition) is 3. The van der Waals surface area contributed by atoms with E-state index in [2.05, 4.69) is 27.7 Å². The Balaban J connectivity index is 1.76. The van der Waals surface area contributed by atoms with Crippen LogP contribution < -0.4 is 0 Å². The Morgan fingerprint density at radius 1 is 1.50 bits per heavy atom. The summed E-state index contributed by atoms with van der Waals surface area (Å²) < 4.78 is 14.0. The van der Waals surface area contributed by atoms with Gasteiger partial charge < -0.3 is 9.47 Å². The summed E-state index contributed by atoms with van der Waals surface area (Å²) in [4.78, 5) is 0. The Kier molecular flexibility index (Phi) is 3.77. The topological polar surface area (TPSA) is 36.3 Å². The zero-order chi connectivity index (χ0) is 9.80. The number of aromatic nitrogens is 2. The average molecular weight is 308 g/mol. The van der Waals surface area contributed by atoms with Gasteiger partial charge in [0.25, 0.3) is 0 Å². The van der Waals surface area contributed by atoms with Gasteiger partial charge in [0, 0.05) is 19.2 Å². The van der Waals surface area contributed by atoms with Crippen LogP contribution in [0.25, 0.3) is 0 Å². The third kappa shape index (κ3) is 2.93. The van der Waals surface area contributed by atoms with Crippen molar-refractivity contribution < 1.29 is 9.47 Å². The fourth-order valence-electron chi connectivity index (χ4n) is 1.40. The van der Waals surface area contributed by atoms with Crippen molar-refractivity contribution in [1.29, 1.82) is 0 Å². The Hall–Kier alpha value is -0.140. The molecule has 1 aliphatic heterocycles. The molecular weight excluding hydrogens is 295 g/mol. The minimum atomic E-state index is -0.0365. The van der Waals surface area contributed by atoms with Crippen molar-refractivity contribution in [3.63, 3.8) is 0 Å². The quantitative estimate of drug-likeness (QED) is 0.797. The monoisotopic (exact) mass is 308 g/mol. The molecule has 5 heteroatoms. The van der Waals surface area contributed by atoms with E-state index in [0.29, 0.717) is 0 Å². The highest BCUT2D eigenvalue weighted by Crippen LogP contribution is 2.10. The van der Waals surface area contributed by atoms with E-state index in [1.807, 2.05) is 17.1 Å². The molecule has 0 atom stereocenters. The van der Waals surface area contributed by atoms with Crippen molar-refractivity contribution in [2.75, 3.05) is 13.2 Å². The van der Waals surface area contributed by atoms with E-state index in [-0.39, 0.29) is 6.29 Å². The first-order valence-electron chi connectivity index (χ1n) is 4.76. The third-order valence-corrected chi connectivity index (χ3v) is 2.65. The summed E-state index contributed by atoms with van der Waals surface area (Å²) in [6, 6.07) is 0. The van der Waals surface area contributed by atoms with Crippen LogP contribution >= 0.6 is 22.6 Å². The van der Waals surface area contributed by atoms with Crippen molar-refractivity contribution in [2.45, 2.75) is 25.7 Å². The van der Waals surface area contributed by atoms with Crippen molar-refractivity contribution in [3.8, 4) is 0 Å². The van der Waals surface area contributed by atoms with Gasteiger partial charge in [0.15, 0.2) is 6.29 Å². The Bertz CT molecular complexity index is 284.